The highest BCUT2D eigenvalue weighted by atomic mass is 35.5. The molecule has 3 aliphatic heterocycles. The van der Waals surface area contributed by atoms with Crippen molar-refractivity contribution < 1.29 is 0 Å². The number of nitrogens with zero attached hydrogens (tertiary/aromatic N) is 6. The molecule has 0 fully saturated rings. The second-order valence-corrected chi connectivity index (χ2v) is 8.47. The third kappa shape index (κ3) is 1.89. The predicted octanol–water partition coefficient (Wildman–Crippen LogP) is 3.95. The van der Waals surface area contributed by atoms with Gasteiger partial charge in [-0.1, -0.05) is 72.8 Å². The fraction of sp³-hybridized carbons (Fsp3) is 0. The molecule has 6 nitrogen and oxygen atoms in total. The minimum atomic E-state index is -0.559. The molecule has 0 radical (unpaired) electrons. The number of halogens is 1. The minimum Gasteiger partial charge on any atom is -0.319 e. The van der Waals surface area contributed by atoms with Crippen molar-refractivity contribution >= 4 is 62.7 Å². The second kappa shape index (κ2) is 5.63. The maximum Gasteiger partial charge on any atom is 0.499 e. The van der Waals surface area contributed by atoms with E-state index in [1.54, 1.807) is 0 Å². The first-order chi connectivity index (χ1) is 15.8. The molecule has 0 N–H and O–H groups in total. The van der Waals surface area contributed by atoms with E-state index in [1.807, 2.05) is 57.5 Å². The van der Waals surface area contributed by atoms with Crippen LogP contribution >= 0.6 is 11.5 Å². The molecule has 0 aliphatic carbocycles. The fourth-order valence-corrected chi connectivity index (χ4v) is 5.38. The van der Waals surface area contributed by atoms with Crippen LogP contribution in [0, 0.1) is 0 Å². The Morgan fingerprint density at radius 1 is 0.531 bits per heavy atom. The number of rotatable bonds is 0. The van der Waals surface area contributed by atoms with Crippen molar-refractivity contribution in [3.05, 3.63) is 94.9 Å². The number of amidine groups is 2. The summed E-state index contributed by atoms with van der Waals surface area (Å²) in [5.74, 6) is 2.84. The lowest BCUT2D eigenvalue weighted by atomic mass is 10.1. The zero-order chi connectivity index (χ0) is 21.0. The molecule has 8 rings (SSSR count). The molecule has 0 saturated heterocycles. The third-order valence-corrected chi connectivity index (χ3v) is 6.80. The first kappa shape index (κ1) is 16.7. The lowest BCUT2D eigenvalue weighted by molar-refractivity contribution is 0.938. The van der Waals surface area contributed by atoms with E-state index in [2.05, 4.69) is 24.3 Å². The van der Waals surface area contributed by atoms with Gasteiger partial charge in [-0.25, -0.2) is 20.0 Å². The summed E-state index contributed by atoms with van der Waals surface area (Å²) in [5, 5.41) is 4.03. The van der Waals surface area contributed by atoms with Crippen molar-refractivity contribution in [2.75, 3.05) is 0 Å². The van der Waals surface area contributed by atoms with Crippen molar-refractivity contribution in [1.29, 1.82) is 0 Å². The van der Waals surface area contributed by atoms with Crippen LogP contribution in [0.15, 0.2) is 92.8 Å². The molecule has 0 saturated carbocycles. The van der Waals surface area contributed by atoms with Crippen LogP contribution in [-0.2, 0) is 0 Å². The number of aromatic nitrogens is 2. The Hall–Kier alpha value is -3.97. The van der Waals surface area contributed by atoms with E-state index in [9.17, 15) is 0 Å². The SMILES string of the molecule is ClB1n2c3c4ccccc4c2/N=C2N=C(/N=c4/c5ccccc5c(n41)=N3)c1ccccc1\2. The Kier molecular flexibility index (Phi) is 2.94. The Balaban J connectivity index is 1.69. The van der Waals surface area contributed by atoms with Gasteiger partial charge >= 0.3 is 6.40 Å². The second-order valence-electron chi connectivity index (χ2n) is 8.08. The van der Waals surface area contributed by atoms with E-state index >= 15 is 0 Å². The average Bonchev–Trinajstić information content (AvgIpc) is 3.45. The Morgan fingerprint density at radius 2 is 1.03 bits per heavy atom. The topological polar surface area (TPSA) is 59.3 Å². The number of hydrogen-bond acceptors (Lipinski definition) is 4. The molecule has 4 bridgehead atoms. The van der Waals surface area contributed by atoms with Crippen molar-refractivity contribution in [3.63, 3.8) is 0 Å². The minimum absolute atomic E-state index is 0.559. The zero-order valence-electron chi connectivity index (χ0n) is 16.6. The molecule has 0 unspecified atom stereocenters. The van der Waals surface area contributed by atoms with Crippen LogP contribution in [0.4, 0.5) is 11.6 Å². The van der Waals surface area contributed by atoms with Crippen molar-refractivity contribution in [1.82, 2.24) is 8.96 Å². The van der Waals surface area contributed by atoms with Crippen LogP contribution in [0.3, 0.4) is 0 Å². The summed E-state index contributed by atoms with van der Waals surface area (Å²) < 4.78 is 3.98. The monoisotopic (exact) mass is 430 g/mol. The van der Waals surface area contributed by atoms with Crippen LogP contribution < -0.4 is 11.0 Å². The predicted molar refractivity (Wildman–Crippen MR) is 127 cm³/mol. The fourth-order valence-electron chi connectivity index (χ4n) is 5.01. The highest BCUT2D eigenvalue weighted by Gasteiger charge is 2.35. The van der Waals surface area contributed by atoms with Gasteiger partial charge in [-0.3, -0.25) is 0 Å². The maximum absolute atomic E-state index is 7.19. The number of benzene rings is 3. The largest absolute Gasteiger partial charge is 0.499 e. The highest BCUT2D eigenvalue weighted by Crippen LogP contribution is 2.41. The van der Waals surface area contributed by atoms with Gasteiger partial charge in [0.1, 0.15) is 22.6 Å². The summed E-state index contributed by atoms with van der Waals surface area (Å²) in [4.78, 5) is 20.0. The van der Waals surface area contributed by atoms with Gasteiger partial charge in [0.05, 0.1) is 0 Å². The lowest BCUT2D eigenvalue weighted by Crippen LogP contribution is -2.44. The molecular weight excluding hydrogens is 419 g/mol. The molecule has 2 aromatic heterocycles. The normalized spacial score (nSPS) is 17.9. The zero-order valence-corrected chi connectivity index (χ0v) is 17.3. The highest BCUT2D eigenvalue weighted by molar-refractivity contribution is 7.05. The standard InChI is InChI=1S/C24H12BClN6/c26-25-31-21-15-9-3-5-11-17(15)23(31)30-24-18-12-6-4-10-16(18)22(32(24)25)29-20-14-8-2-1-7-13(14)19(27-20)28-21/h1-12H/b28-19-,28-21?,29-20?,29-22-. The van der Waals surface area contributed by atoms with E-state index in [-0.39, 0.29) is 0 Å². The van der Waals surface area contributed by atoms with Gasteiger partial charge in [0.25, 0.3) is 0 Å². The van der Waals surface area contributed by atoms with E-state index in [1.165, 1.54) is 0 Å². The first-order valence-electron chi connectivity index (χ1n) is 10.4. The Morgan fingerprint density at radius 3 is 1.69 bits per heavy atom. The van der Waals surface area contributed by atoms with Crippen molar-refractivity contribution in [2.24, 2.45) is 20.0 Å². The summed E-state index contributed by atoms with van der Waals surface area (Å²) in [6, 6.07) is 24.4. The molecule has 5 aromatic rings. The van der Waals surface area contributed by atoms with Crippen LogP contribution in [0.2, 0.25) is 0 Å². The van der Waals surface area contributed by atoms with Gasteiger partial charge < -0.3 is 8.96 Å². The number of fused-ring (bicyclic) bond motifs is 10. The number of aliphatic imine (C=N–C) groups is 2. The van der Waals surface area contributed by atoms with Gasteiger partial charge in [-0.05, 0) is 0 Å². The molecule has 148 valence electrons. The van der Waals surface area contributed by atoms with E-state index in [0.29, 0.717) is 11.7 Å². The van der Waals surface area contributed by atoms with Gasteiger partial charge in [0.2, 0.25) is 0 Å². The van der Waals surface area contributed by atoms with Crippen molar-refractivity contribution in [2.45, 2.75) is 0 Å². The summed E-state index contributed by atoms with van der Waals surface area (Å²) in [6.45, 7) is 0. The lowest BCUT2D eigenvalue weighted by Gasteiger charge is -2.18. The molecular formula is C24H12BClN6. The molecule has 8 heteroatoms. The summed E-state index contributed by atoms with van der Waals surface area (Å²) >= 11 is 7.19. The van der Waals surface area contributed by atoms with Crippen LogP contribution in [0.25, 0.3) is 21.5 Å². The van der Waals surface area contributed by atoms with E-state index in [4.69, 9.17) is 31.4 Å². The van der Waals surface area contributed by atoms with Gasteiger partial charge in [0, 0.05) is 32.7 Å². The molecule has 0 atom stereocenters. The quantitative estimate of drug-likeness (QED) is 0.334. The van der Waals surface area contributed by atoms with E-state index in [0.717, 1.165) is 55.3 Å². The van der Waals surface area contributed by atoms with Gasteiger partial charge in [0.15, 0.2) is 11.7 Å². The van der Waals surface area contributed by atoms with Crippen LogP contribution in [0.1, 0.15) is 11.1 Å². The molecule has 0 spiro atoms. The Labute approximate surface area is 186 Å². The first-order valence-corrected chi connectivity index (χ1v) is 10.8. The average molecular weight is 431 g/mol. The van der Waals surface area contributed by atoms with Gasteiger partial charge in [-0.2, -0.15) is 0 Å². The molecule has 3 aliphatic rings. The molecule has 3 aromatic carbocycles. The molecule has 32 heavy (non-hydrogen) atoms. The summed E-state index contributed by atoms with van der Waals surface area (Å²) in [5.41, 5.74) is 3.50. The van der Waals surface area contributed by atoms with E-state index < -0.39 is 6.40 Å². The maximum atomic E-state index is 7.19. The summed E-state index contributed by atoms with van der Waals surface area (Å²) in [7, 11) is 0. The number of hydrogen-bond donors (Lipinski definition) is 0. The third-order valence-electron chi connectivity index (χ3n) is 6.41. The van der Waals surface area contributed by atoms with Crippen LogP contribution in [0.5, 0.6) is 0 Å². The smallest absolute Gasteiger partial charge is 0.319 e. The van der Waals surface area contributed by atoms with Crippen LogP contribution in [-0.4, -0.2) is 27.0 Å². The molecule has 5 heterocycles. The van der Waals surface area contributed by atoms with Gasteiger partial charge in [-0.15, -0.1) is 11.5 Å². The van der Waals surface area contributed by atoms with Crippen molar-refractivity contribution in [3.8, 4) is 0 Å². The molecule has 0 amide bonds. The Bertz CT molecular complexity index is 1860. The summed E-state index contributed by atoms with van der Waals surface area (Å²) in [6.07, 6.45) is -0.559.